The van der Waals surface area contributed by atoms with Gasteiger partial charge < -0.3 is 9.88 Å². The van der Waals surface area contributed by atoms with Gasteiger partial charge in [-0.05, 0) is 56.6 Å². The second-order valence-corrected chi connectivity index (χ2v) is 7.03. The number of nitriles is 1. The smallest absolute Gasteiger partial charge is 0.239 e. The fourth-order valence-electron chi connectivity index (χ4n) is 3.21. The predicted molar refractivity (Wildman–Crippen MR) is 110 cm³/mol. The molecular formula is C22H29FN4O. The van der Waals surface area contributed by atoms with E-state index in [-0.39, 0.29) is 11.7 Å². The monoisotopic (exact) mass is 384 g/mol. The highest BCUT2D eigenvalue weighted by molar-refractivity contribution is 5.93. The molecule has 0 radical (unpaired) electrons. The summed E-state index contributed by atoms with van der Waals surface area (Å²) in [5.74, 6) is 0.0906. The molecule has 0 aliphatic rings. The number of anilines is 1. The summed E-state index contributed by atoms with van der Waals surface area (Å²) in [7, 11) is 0. The number of unbranched alkanes of at least 4 members (excludes halogenated alkanes) is 1. The lowest BCUT2D eigenvalue weighted by molar-refractivity contribution is -0.117. The number of rotatable bonds is 9. The molecule has 0 aliphatic carbocycles. The predicted octanol–water partition coefficient (Wildman–Crippen LogP) is 4.22. The van der Waals surface area contributed by atoms with Gasteiger partial charge in [-0.2, -0.15) is 5.26 Å². The van der Waals surface area contributed by atoms with Crippen LogP contribution in [0.25, 0.3) is 0 Å². The van der Waals surface area contributed by atoms with Crippen molar-refractivity contribution in [2.45, 2.75) is 47.1 Å². The average Bonchev–Trinajstić information content (AvgIpc) is 2.90. The number of halogens is 1. The average molecular weight is 384 g/mol. The first-order valence-electron chi connectivity index (χ1n) is 9.77. The highest BCUT2D eigenvalue weighted by Gasteiger charge is 2.20. The summed E-state index contributed by atoms with van der Waals surface area (Å²) in [5.41, 5.74) is 3.13. The minimum Gasteiger partial charge on any atom is -0.326 e. The number of hydrogen-bond donors (Lipinski definition) is 1. The maximum absolute atomic E-state index is 13.2. The van der Waals surface area contributed by atoms with Crippen molar-refractivity contribution in [2.75, 3.05) is 25.0 Å². The Morgan fingerprint density at radius 2 is 1.93 bits per heavy atom. The van der Waals surface area contributed by atoms with Gasteiger partial charge in [0.1, 0.15) is 17.7 Å². The number of amides is 1. The third kappa shape index (κ3) is 5.20. The third-order valence-corrected chi connectivity index (χ3v) is 5.10. The van der Waals surface area contributed by atoms with Crippen molar-refractivity contribution >= 4 is 11.7 Å². The van der Waals surface area contributed by atoms with Crippen LogP contribution < -0.4 is 5.32 Å². The third-order valence-electron chi connectivity index (χ3n) is 5.10. The maximum Gasteiger partial charge on any atom is 0.239 e. The van der Waals surface area contributed by atoms with E-state index >= 15 is 0 Å². The van der Waals surface area contributed by atoms with Gasteiger partial charge in [0.05, 0.1) is 12.1 Å². The van der Waals surface area contributed by atoms with E-state index in [1.54, 1.807) is 12.1 Å². The number of aromatic nitrogens is 1. The zero-order chi connectivity index (χ0) is 20.7. The molecule has 28 heavy (non-hydrogen) atoms. The van der Waals surface area contributed by atoms with Crippen molar-refractivity contribution in [3.63, 3.8) is 0 Å². The fraction of sp³-hybridized carbons (Fsp3) is 0.455. The summed E-state index contributed by atoms with van der Waals surface area (Å²) >= 11 is 0. The molecule has 1 aromatic carbocycles. The lowest BCUT2D eigenvalue weighted by Gasteiger charge is -2.20. The van der Waals surface area contributed by atoms with Gasteiger partial charge >= 0.3 is 0 Å². The molecule has 0 fully saturated rings. The minimum atomic E-state index is -0.290. The second-order valence-electron chi connectivity index (χ2n) is 7.03. The SMILES string of the molecule is CCCCN(CC)CC(=O)Nc1c(C#N)c(C)c(C)n1Cc1ccc(F)cc1. The highest BCUT2D eigenvalue weighted by atomic mass is 19.1. The molecular weight excluding hydrogens is 355 g/mol. The van der Waals surface area contributed by atoms with Crippen LogP contribution >= 0.6 is 0 Å². The summed E-state index contributed by atoms with van der Waals surface area (Å²) in [6.45, 7) is 10.4. The fourth-order valence-corrected chi connectivity index (χ4v) is 3.21. The first-order chi connectivity index (χ1) is 13.4. The Balaban J connectivity index is 2.26. The Labute approximate surface area is 166 Å². The summed E-state index contributed by atoms with van der Waals surface area (Å²) in [6, 6.07) is 8.47. The van der Waals surface area contributed by atoms with Gasteiger partial charge in [0.25, 0.3) is 0 Å². The molecule has 150 valence electrons. The number of carbonyl (C=O) groups is 1. The first kappa shape index (κ1) is 21.6. The molecule has 5 nitrogen and oxygen atoms in total. The summed E-state index contributed by atoms with van der Waals surface area (Å²) in [6.07, 6.45) is 2.12. The number of nitrogens with one attached hydrogen (secondary N) is 1. The molecule has 1 heterocycles. The first-order valence-corrected chi connectivity index (χ1v) is 9.77. The Morgan fingerprint density at radius 3 is 2.50 bits per heavy atom. The van der Waals surface area contributed by atoms with Crippen molar-refractivity contribution < 1.29 is 9.18 Å². The van der Waals surface area contributed by atoms with E-state index < -0.39 is 0 Å². The number of carbonyl (C=O) groups excluding carboxylic acids is 1. The molecule has 0 atom stereocenters. The molecule has 0 aliphatic heterocycles. The van der Waals surface area contributed by atoms with E-state index in [0.717, 1.165) is 42.8 Å². The standard InChI is InChI=1S/C22H29FN4O/c1-5-7-12-26(6-2)15-21(28)25-22-20(13-24)16(3)17(4)27(22)14-18-8-10-19(23)11-9-18/h8-11H,5-7,12,14-15H2,1-4H3,(H,25,28). The summed E-state index contributed by atoms with van der Waals surface area (Å²) < 4.78 is 15.1. The number of likely N-dealkylation sites (N-methyl/N-ethyl adjacent to an activating group) is 1. The van der Waals surface area contributed by atoms with Crippen molar-refractivity contribution in [1.29, 1.82) is 5.26 Å². The van der Waals surface area contributed by atoms with E-state index in [1.165, 1.54) is 12.1 Å². The topological polar surface area (TPSA) is 61.1 Å². The minimum absolute atomic E-state index is 0.132. The largest absolute Gasteiger partial charge is 0.326 e. The van der Waals surface area contributed by atoms with Crippen LogP contribution in [0.4, 0.5) is 10.2 Å². The van der Waals surface area contributed by atoms with Gasteiger partial charge in [-0.3, -0.25) is 9.69 Å². The molecule has 0 unspecified atom stereocenters. The van der Waals surface area contributed by atoms with Crippen LogP contribution in [-0.2, 0) is 11.3 Å². The van der Waals surface area contributed by atoms with Crippen LogP contribution in [0.15, 0.2) is 24.3 Å². The van der Waals surface area contributed by atoms with Crippen molar-refractivity contribution in [3.05, 3.63) is 52.5 Å². The van der Waals surface area contributed by atoms with Crippen molar-refractivity contribution in [3.8, 4) is 6.07 Å². The van der Waals surface area contributed by atoms with Crippen molar-refractivity contribution in [1.82, 2.24) is 9.47 Å². The van der Waals surface area contributed by atoms with Crippen LogP contribution in [0.1, 0.15) is 49.1 Å². The van der Waals surface area contributed by atoms with Crippen LogP contribution in [0.3, 0.4) is 0 Å². The van der Waals surface area contributed by atoms with E-state index in [2.05, 4.69) is 23.2 Å². The second kappa shape index (κ2) is 10.0. The Hall–Kier alpha value is -2.65. The molecule has 6 heteroatoms. The Kier molecular flexibility index (Phi) is 7.77. The molecule has 1 N–H and O–H groups in total. The molecule has 2 aromatic rings. The van der Waals surface area contributed by atoms with Crippen molar-refractivity contribution in [2.24, 2.45) is 0 Å². The quantitative estimate of drug-likeness (QED) is 0.704. The molecule has 0 saturated carbocycles. The normalized spacial score (nSPS) is 10.9. The molecule has 0 bridgehead atoms. The number of benzene rings is 1. The van der Waals surface area contributed by atoms with Crippen LogP contribution in [-0.4, -0.2) is 35.0 Å². The van der Waals surface area contributed by atoms with Gasteiger partial charge in [0.2, 0.25) is 5.91 Å². The van der Waals surface area contributed by atoms with Gasteiger partial charge in [-0.1, -0.05) is 32.4 Å². The summed E-state index contributed by atoms with van der Waals surface area (Å²) in [4.78, 5) is 14.8. The van der Waals surface area contributed by atoms with Gasteiger partial charge in [-0.15, -0.1) is 0 Å². The van der Waals surface area contributed by atoms with Crippen LogP contribution in [0.5, 0.6) is 0 Å². The van der Waals surface area contributed by atoms with Gasteiger partial charge in [-0.25, -0.2) is 4.39 Å². The van der Waals surface area contributed by atoms with Crippen LogP contribution in [0.2, 0.25) is 0 Å². The van der Waals surface area contributed by atoms with E-state index in [0.29, 0.717) is 24.5 Å². The van der Waals surface area contributed by atoms with Gasteiger partial charge in [0, 0.05) is 12.2 Å². The zero-order valence-electron chi connectivity index (χ0n) is 17.2. The zero-order valence-corrected chi connectivity index (χ0v) is 17.2. The lowest BCUT2D eigenvalue weighted by Crippen LogP contribution is -2.34. The molecule has 1 aromatic heterocycles. The Bertz CT molecular complexity index is 849. The molecule has 1 amide bonds. The number of hydrogen-bond acceptors (Lipinski definition) is 3. The van der Waals surface area contributed by atoms with Crippen LogP contribution in [0, 0.1) is 31.0 Å². The highest BCUT2D eigenvalue weighted by Crippen LogP contribution is 2.27. The molecule has 2 rings (SSSR count). The van der Waals surface area contributed by atoms with E-state index in [1.807, 2.05) is 25.3 Å². The maximum atomic E-state index is 13.2. The summed E-state index contributed by atoms with van der Waals surface area (Å²) in [5, 5.41) is 12.6. The lowest BCUT2D eigenvalue weighted by atomic mass is 10.2. The van der Waals surface area contributed by atoms with E-state index in [4.69, 9.17) is 0 Å². The van der Waals surface area contributed by atoms with Gasteiger partial charge in [0.15, 0.2) is 0 Å². The molecule has 0 saturated heterocycles. The van der Waals surface area contributed by atoms with E-state index in [9.17, 15) is 14.4 Å². The molecule has 0 spiro atoms. The number of nitrogens with zero attached hydrogens (tertiary/aromatic N) is 3. The Morgan fingerprint density at radius 1 is 1.25 bits per heavy atom.